The third-order valence-electron chi connectivity index (χ3n) is 4.56. The van der Waals surface area contributed by atoms with E-state index < -0.39 is 0 Å². The molecule has 136 valence electrons. The average Bonchev–Trinajstić information content (AvgIpc) is 2.55. The van der Waals surface area contributed by atoms with E-state index in [9.17, 15) is 14.4 Å². The highest BCUT2D eigenvalue weighted by Gasteiger charge is 2.25. The van der Waals surface area contributed by atoms with Gasteiger partial charge in [0.05, 0.1) is 12.6 Å². The van der Waals surface area contributed by atoms with Crippen molar-refractivity contribution in [2.45, 2.75) is 46.6 Å². The van der Waals surface area contributed by atoms with Crippen LogP contribution in [0.25, 0.3) is 0 Å². The van der Waals surface area contributed by atoms with Gasteiger partial charge in [0.2, 0.25) is 18.2 Å². The van der Waals surface area contributed by atoms with Crippen molar-refractivity contribution in [3.8, 4) is 0 Å². The van der Waals surface area contributed by atoms with E-state index in [-0.39, 0.29) is 30.3 Å². The van der Waals surface area contributed by atoms with Crippen LogP contribution < -0.4 is 5.32 Å². The lowest BCUT2D eigenvalue weighted by atomic mass is 9.97. The van der Waals surface area contributed by atoms with Gasteiger partial charge in [-0.25, -0.2) is 0 Å². The molecule has 1 aliphatic heterocycles. The minimum atomic E-state index is -0.183. The average molecular weight is 337 g/mol. The number of likely N-dealkylation sites (tertiary alicyclic amines) is 1. The Kier molecular flexibility index (Phi) is 7.95. The van der Waals surface area contributed by atoms with Gasteiger partial charge in [0.25, 0.3) is 0 Å². The van der Waals surface area contributed by atoms with Gasteiger partial charge in [-0.3, -0.25) is 14.4 Å². The number of carbonyl (C=O) groups is 3. The first-order valence-electron chi connectivity index (χ1n) is 8.68. The summed E-state index contributed by atoms with van der Waals surface area (Å²) >= 11 is 0. The normalized spacial score (nSPS) is 19.8. The molecule has 24 heavy (non-hydrogen) atoms. The summed E-state index contributed by atoms with van der Waals surface area (Å²) in [5.74, 6) is 0.580. The second-order valence-electron chi connectivity index (χ2n) is 7.09. The van der Waals surface area contributed by atoms with Crippen LogP contribution >= 0.6 is 0 Å². The predicted octanol–water partition coefficient (Wildman–Crippen LogP) is 1.42. The fourth-order valence-corrected chi connectivity index (χ4v) is 3.12. The monoisotopic (exact) mass is 337 g/mol. The number of rotatable bonds is 7. The van der Waals surface area contributed by atoms with Crippen molar-refractivity contribution in [2.75, 3.05) is 26.7 Å². The Bertz CT molecular complexity index is 488. The van der Waals surface area contributed by atoms with Crippen molar-refractivity contribution in [1.82, 2.24) is 15.1 Å². The number of nitrogens with zero attached hydrogens (tertiary/aromatic N) is 2. The maximum Gasteiger partial charge on any atom is 0.249 e. The standard InChI is InChI=1S/C18H31N3O3/c1-13(2)16(20(5)17(23)10-19-12-22)9-15(4)18(24)21-8-6-7-14(3)11-21/h9,12-14,16H,6-8,10-11H2,1-5H3,(H,19,22)/b15-9+/t14?,16-/m1/s1. The third kappa shape index (κ3) is 5.65. The molecule has 1 aliphatic rings. The van der Waals surface area contributed by atoms with Gasteiger partial charge in [-0.15, -0.1) is 0 Å². The molecule has 6 nitrogen and oxygen atoms in total. The van der Waals surface area contributed by atoms with Gasteiger partial charge in [-0.1, -0.05) is 26.8 Å². The summed E-state index contributed by atoms with van der Waals surface area (Å²) < 4.78 is 0. The zero-order valence-corrected chi connectivity index (χ0v) is 15.5. The Morgan fingerprint density at radius 3 is 2.58 bits per heavy atom. The number of hydrogen-bond donors (Lipinski definition) is 1. The van der Waals surface area contributed by atoms with Crippen molar-refractivity contribution < 1.29 is 14.4 Å². The third-order valence-corrected chi connectivity index (χ3v) is 4.56. The van der Waals surface area contributed by atoms with Gasteiger partial charge in [0, 0.05) is 25.7 Å². The number of likely N-dealkylation sites (N-methyl/N-ethyl adjacent to an activating group) is 1. The van der Waals surface area contributed by atoms with E-state index in [1.165, 1.54) is 6.42 Å². The molecule has 1 N–H and O–H groups in total. The number of piperidine rings is 1. The van der Waals surface area contributed by atoms with Gasteiger partial charge in [0.15, 0.2) is 0 Å². The second-order valence-corrected chi connectivity index (χ2v) is 7.09. The summed E-state index contributed by atoms with van der Waals surface area (Å²) in [6.07, 6.45) is 4.61. The topological polar surface area (TPSA) is 69.7 Å². The van der Waals surface area contributed by atoms with Crippen molar-refractivity contribution in [1.29, 1.82) is 0 Å². The van der Waals surface area contributed by atoms with Crippen LogP contribution in [0.1, 0.15) is 40.5 Å². The summed E-state index contributed by atoms with van der Waals surface area (Å²) in [6, 6.07) is -0.183. The lowest BCUT2D eigenvalue weighted by Gasteiger charge is -2.33. The van der Waals surface area contributed by atoms with Crippen molar-refractivity contribution in [3.05, 3.63) is 11.6 Å². The lowest BCUT2D eigenvalue weighted by Crippen LogP contribution is -2.44. The zero-order valence-electron chi connectivity index (χ0n) is 15.5. The van der Waals surface area contributed by atoms with Crippen LogP contribution in [-0.4, -0.2) is 60.7 Å². The quantitative estimate of drug-likeness (QED) is 0.564. The van der Waals surface area contributed by atoms with Gasteiger partial charge in [-0.05, 0) is 31.6 Å². The summed E-state index contributed by atoms with van der Waals surface area (Å²) in [7, 11) is 1.71. The van der Waals surface area contributed by atoms with Crippen LogP contribution in [0.5, 0.6) is 0 Å². The molecule has 0 aromatic rings. The molecule has 1 fully saturated rings. The second kappa shape index (κ2) is 9.45. The molecule has 0 spiro atoms. The molecule has 2 atom stereocenters. The van der Waals surface area contributed by atoms with Crippen molar-refractivity contribution >= 4 is 18.2 Å². The largest absolute Gasteiger partial charge is 0.350 e. The molecule has 1 unspecified atom stereocenters. The summed E-state index contributed by atoms with van der Waals surface area (Å²) in [5.41, 5.74) is 0.672. The van der Waals surface area contributed by atoms with E-state index in [2.05, 4.69) is 12.2 Å². The van der Waals surface area contributed by atoms with E-state index >= 15 is 0 Å². The highest BCUT2D eigenvalue weighted by Crippen LogP contribution is 2.19. The maximum absolute atomic E-state index is 12.7. The fourth-order valence-electron chi connectivity index (χ4n) is 3.12. The fraction of sp³-hybridized carbons (Fsp3) is 0.722. The highest BCUT2D eigenvalue weighted by atomic mass is 16.2. The molecule has 0 aromatic heterocycles. The lowest BCUT2D eigenvalue weighted by molar-refractivity contribution is -0.132. The summed E-state index contributed by atoms with van der Waals surface area (Å²) in [4.78, 5) is 38.6. The van der Waals surface area contributed by atoms with Crippen LogP contribution in [0.4, 0.5) is 0 Å². The van der Waals surface area contributed by atoms with Gasteiger partial charge in [-0.2, -0.15) is 0 Å². The predicted molar refractivity (Wildman–Crippen MR) is 94.2 cm³/mol. The summed E-state index contributed by atoms with van der Waals surface area (Å²) in [6.45, 7) is 9.58. The number of carbonyl (C=O) groups excluding carboxylic acids is 3. The zero-order chi connectivity index (χ0) is 18.3. The molecule has 1 rings (SSSR count). The first-order chi connectivity index (χ1) is 11.3. The van der Waals surface area contributed by atoms with Gasteiger partial charge < -0.3 is 15.1 Å². The first-order valence-corrected chi connectivity index (χ1v) is 8.68. The minimum absolute atomic E-state index is 0.0340. The Morgan fingerprint density at radius 2 is 2.04 bits per heavy atom. The van der Waals surface area contributed by atoms with Crippen LogP contribution in [-0.2, 0) is 14.4 Å². The van der Waals surface area contributed by atoms with Gasteiger partial charge in [0.1, 0.15) is 0 Å². The Labute approximate surface area is 145 Å². The molecular formula is C18H31N3O3. The van der Waals surface area contributed by atoms with E-state index in [1.807, 2.05) is 31.7 Å². The molecule has 1 heterocycles. The smallest absolute Gasteiger partial charge is 0.249 e. The van der Waals surface area contributed by atoms with E-state index in [4.69, 9.17) is 0 Å². The van der Waals surface area contributed by atoms with Crippen LogP contribution in [0, 0.1) is 11.8 Å². The maximum atomic E-state index is 12.7. The molecular weight excluding hydrogens is 306 g/mol. The summed E-state index contributed by atoms with van der Waals surface area (Å²) in [5, 5.41) is 2.39. The Morgan fingerprint density at radius 1 is 1.38 bits per heavy atom. The molecule has 0 bridgehead atoms. The van der Waals surface area contributed by atoms with Crippen LogP contribution in [0.3, 0.4) is 0 Å². The van der Waals surface area contributed by atoms with E-state index in [0.717, 1.165) is 19.5 Å². The van der Waals surface area contributed by atoms with Gasteiger partial charge >= 0.3 is 0 Å². The van der Waals surface area contributed by atoms with Crippen molar-refractivity contribution in [2.24, 2.45) is 11.8 Å². The Balaban J connectivity index is 2.83. The van der Waals surface area contributed by atoms with Crippen LogP contribution in [0.2, 0.25) is 0 Å². The van der Waals surface area contributed by atoms with Crippen molar-refractivity contribution in [3.63, 3.8) is 0 Å². The highest BCUT2D eigenvalue weighted by molar-refractivity contribution is 5.93. The minimum Gasteiger partial charge on any atom is -0.350 e. The number of hydrogen-bond acceptors (Lipinski definition) is 3. The SMILES string of the molecule is C/C(=C\[C@H](C(C)C)N(C)C(=O)CNC=O)C(=O)N1CCCC(C)C1. The van der Waals surface area contributed by atoms with Crippen LogP contribution in [0.15, 0.2) is 11.6 Å². The van der Waals surface area contributed by atoms with E-state index in [0.29, 0.717) is 17.9 Å². The molecule has 0 aliphatic carbocycles. The number of amides is 3. The first kappa shape index (κ1) is 20.2. The Hall–Kier alpha value is -1.85. The molecule has 0 saturated carbocycles. The molecule has 0 aromatic carbocycles. The van der Waals surface area contributed by atoms with E-state index in [1.54, 1.807) is 11.9 Å². The molecule has 6 heteroatoms. The molecule has 3 amide bonds. The number of nitrogens with one attached hydrogen (secondary N) is 1. The molecule has 1 saturated heterocycles. The molecule has 0 radical (unpaired) electrons.